The zero-order valence-corrected chi connectivity index (χ0v) is 9.17. The number of hydrogen-bond donors (Lipinski definition) is 0. The standard InChI is InChI=1S/C12H13ClO2/c13-11-5-1-3-9(7-11)12(14)10-4-2-6-15-8-10/h1,3,5,7,10H,2,4,6,8H2. The summed E-state index contributed by atoms with van der Waals surface area (Å²) in [5.74, 6) is 0.161. The summed E-state index contributed by atoms with van der Waals surface area (Å²) in [6, 6.07) is 7.11. The highest BCUT2D eigenvalue weighted by Crippen LogP contribution is 2.20. The van der Waals surface area contributed by atoms with Crippen LogP contribution in [0.2, 0.25) is 5.02 Å². The van der Waals surface area contributed by atoms with Crippen molar-refractivity contribution in [2.75, 3.05) is 13.2 Å². The molecule has 1 saturated heterocycles. The SMILES string of the molecule is O=C(c1cccc(Cl)c1)C1CCCOC1. The second-order valence-electron chi connectivity index (χ2n) is 3.79. The van der Waals surface area contributed by atoms with Crippen molar-refractivity contribution >= 4 is 17.4 Å². The minimum atomic E-state index is 0.0113. The number of carbonyl (C=O) groups excluding carboxylic acids is 1. The molecule has 1 aliphatic rings. The van der Waals surface area contributed by atoms with Crippen LogP contribution in [0.3, 0.4) is 0 Å². The van der Waals surface area contributed by atoms with E-state index in [0.717, 1.165) is 19.4 Å². The molecule has 0 spiro atoms. The number of ether oxygens (including phenoxy) is 1. The second-order valence-corrected chi connectivity index (χ2v) is 4.23. The molecule has 0 amide bonds. The Morgan fingerprint density at radius 2 is 2.33 bits per heavy atom. The molecule has 80 valence electrons. The number of carbonyl (C=O) groups is 1. The van der Waals surface area contributed by atoms with E-state index >= 15 is 0 Å². The first-order valence-electron chi connectivity index (χ1n) is 5.15. The Balaban J connectivity index is 2.12. The van der Waals surface area contributed by atoms with Crippen LogP contribution < -0.4 is 0 Å². The van der Waals surface area contributed by atoms with Gasteiger partial charge in [-0.3, -0.25) is 4.79 Å². The lowest BCUT2D eigenvalue weighted by Gasteiger charge is -2.20. The number of halogens is 1. The highest BCUT2D eigenvalue weighted by molar-refractivity contribution is 6.31. The summed E-state index contributed by atoms with van der Waals surface area (Å²) in [4.78, 5) is 12.0. The van der Waals surface area contributed by atoms with Crippen LogP contribution in [0.1, 0.15) is 23.2 Å². The van der Waals surface area contributed by atoms with E-state index in [1.54, 1.807) is 18.2 Å². The van der Waals surface area contributed by atoms with Crippen molar-refractivity contribution in [1.29, 1.82) is 0 Å². The third-order valence-electron chi connectivity index (χ3n) is 2.64. The van der Waals surface area contributed by atoms with Crippen LogP contribution in [0.25, 0.3) is 0 Å². The molecule has 0 saturated carbocycles. The molecule has 2 nitrogen and oxygen atoms in total. The lowest BCUT2D eigenvalue weighted by atomic mass is 9.93. The summed E-state index contributed by atoms with van der Waals surface area (Å²) in [7, 11) is 0. The molecule has 1 fully saturated rings. The van der Waals surface area contributed by atoms with E-state index in [9.17, 15) is 4.79 Å². The predicted molar refractivity (Wildman–Crippen MR) is 59.3 cm³/mol. The maximum absolute atomic E-state index is 12.0. The quantitative estimate of drug-likeness (QED) is 0.722. The molecule has 1 aliphatic heterocycles. The Labute approximate surface area is 94.2 Å². The average Bonchev–Trinajstić information content (AvgIpc) is 2.29. The van der Waals surface area contributed by atoms with Gasteiger partial charge in [-0.25, -0.2) is 0 Å². The van der Waals surface area contributed by atoms with Crippen LogP contribution >= 0.6 is 11.6 Å². The zero-order valence-electron chi connectivity index (χ0n) is 8.41. The van der Waals surface area contributed by atoms with Crippen LogP contribution in [0, 0.1) is 5.92 Å². The molecule has 2 rings (SSSR count). The predicted octanol–water partition coefficient (Wildman–Crippen LogP) is 2.95. The second kappa shape index (κ2) is 4.77. The molecule has 1 aromatic carbocycles. The van der Waals surface area contributed by atoms with E-state index in [1.807, 2.05) is 6.07 Å². The van der Waals surface area contributed by atoms with Gasteiger partial charge in [0.1, 0.15) is 0 Å². The van der Waals surface area contributed by atoms with Crippen molar-refractivity contribution in [2.24, 2.45) is 5.92 Å². The van der Waals surface area contributed by atoms with Gasteiger partial charge in [0.05, 0.1) is 6.61 Å². The van der Waals surface area contributed by atoms with Gasteiger partial charge in [0.2, 0.25) is 0 Å². The Hall–Kier alpha value is -0.860. The number of hydrogen-bond acceptors (Lipinski definition) is 2. The molecule has 1 atom stereocenters. The minimum absolute atomic E-state index is 0.0113. The monoisotopic (exact) mass is 224 g/mol. The van der Waals surface area contributed by atoms with Gasteiger partial charge >= 0.3 is 0 Å². The van der Waals surface area contributed by atoms with Gasteiger partial charge in [-0.1, -0.05) is 23.7 Å². The molecular weight excluding hydrogens is 212 g/mol. The topological polar surface area (TPSA) is 26.3 Å². The molecule has 1 heterocycles. The summed E-state index contributed by atoms with van der Waals surface area (Å²) < 4.78 is 5.30. The van der Waals surface area contributed by atoms with E-state index < -0.39 is 0 Å². The number of benzene rings is 1. The summed E-state index contributed by atoms with van der Waals surface area (Å²) in [5.41, 5.74) is 0.693. The van der Waals surface area contributed by atoms with Gasteiger partial charge < -0.3 is 4.74 Å². The third-order valence-corrected chi connectivity index (χ3v) is 2.88. The number of rotatable bonds is 2. The number of ketones is 1. The summed E-state index contributed by atoms with van der Waals surface area (Å²) >= 11 is 5.84. The van der Waals surface area contributed by atoms with Gasteiger partial charge in [-0.05, 0) is 25.0 Å². The maximum Gasteiger partial charge on any atom is 0.168 e. The van der Waals surface area contributed by atoms with Gasteiger partial charge in [0.15, 0.2) is 5.78 Å². The molecule has 0 aliphatic carbocycles. The van der Waals surface area contributed by atoms with E-state index in [-0.39, 0.29) is 11.7 Å². The van der Waals surface area contributed by atoms with E-state index in [4.69, 9.17) is 16.3 Å². The first kappa shape index (κ1) is 10.7. The van der Waals surface area contributed by atoms with Gasteiger partial charge in [-0.15, -0.1) is 0 Å². The molecule has 1 unspecified atom stereocenters. The Kier molecular flexibility index (Phi) is 3.39. The van der Waals surface area contributed by atoms with Crippen LogP contribution in [-0.4, -0.2) is 19.0 Å². The lowest BCUT2D eigenvalue weighted by molar-refractivity contribution is 0.0461. The van der Waals surface area contributed by atoms with Gasteiger partial charge in [0, 0.05) is 23.1 Å². The first-order chi connectivity index (χ1) is 7.27. The van der Waals surface area contributed by atoms with E-state index in [0.29, 0.717) is 17.2 Å². The van der Waals surface area contributed by atoms with Crippen molar-refractivity contribution in [3.8, 4) is 0 Å². The minimum Gasteiger partial charge on any atom is -0.381 e. The third kappa shape index (κ3) is 2.58. The smallest absolute Gasteiger partial charge is 0.168 e. The fourth-order valence-electron chi connectivity index (χ4n) is 1.82. The van der Waals surface area contributed by atoms with Crippen molar-refractivity contribution in [3.05, 3.63) is 34.9 Å². The molecule has 0 N–H and O–H groups in total. The summed E-state index contributed by atoms with van der Waals surface area (Å²) in [5, 5.41) is 0.609. The molecule has 0 aromatic heterocycles. The first-order valence-corrected chi connectivity index (χ1v) is 5.52. The molecule has 0 bridgehead atoms. The molecular formula is C12H13ClO2. The Bertz CT molecular complexity index is 356. The van der Waals surface area contributed by atoms with Crippen molar-refractivity contribution < 1.29 is 9.53 Å². The fourth-order valence-corrected chi connectivity index (χ4v) is 2.02. The Morgan fingerprint density at radius 3 is 3.00 bits per heavy atom. The molecule has 1 aromatic rings. The molecule has 0 radical (unpaired) electrons. The number of Topliss-reactive ketones (excluding diaryl/α,β-unsaturated/α-hetero) is 1. The van der Waals surface area contributed by atoms with Crippen LogP contribution in [0.15, 0.2) is 24.3 Å². The average molecular weight is 225 g/mol. The molecule has 3 heteroatoms. The molecule has 15 heavy (non-hydrogen) atoms. The highest BCUT2D eigenvalue weighted by atomic mass is 35.5. The zero-order chi connectivity index (χ0) is 10.7. The van der Waals surface area contributed by atoms with Crippen LogP contribution in [-0.2, 0) is 4.74 Å². The summed E-state index contributed by atoms with van der Waals surface area (Å²) in [6.07, 6.45) is 1.89. The largest absolute Gasteiger partial charge is 0.381 e. The highest BCUT2D eigenvalue weighted by Gasteiger charge is 2.22. The van der Waals surface area contributed by atoms with E-state index in [1.165, 1.54) is 0 Å². The van der Waals surface area contributed by atoms with E-state index in [2.05, 4.69) is 0 Å². The van der Waals surface area contributed by atoms with Crippen molar-refractivity contribution in [3.63, 3.8) is 0 Å². The maximum atomic E-state index is 12.0. The normalized spacial score (nSPS) is 21.3. The van der Waals surface area contributed by atoms with Crippen molar-refractivity contribution in [1.82, 2.24) is 0 Å². The summed E-state index contributed by atoms with van der Waals surface area (Å²) in [6.45, 7) is 1.32. The lowest BCUT2D eigenvalue weighted by Crippen LogP contribution is -2.25. The fraction of sp³-hybridized carbons (Fsp3) is 0.417. The van der Waals surface area contributed by atoms with Crippen LogP contribution in [0.5, 0.6) is 0 Å². The van der Waals surface area contributed by atoms with Crippen molar-refractivity contribution in [2.45, 2.75) is 12.8 Å². The van der Waals surface area contributed by atoms with Crippen LogP contribution in [0.4, 0.5) is 0 Å². The Morgan fingerprint density at radius 1 is 1.47 bits per heavy atom. The van der Waals surface area contributed by atoms with Gasteiger partial charge in [0.25, 0.3) is 0 Å². The van der Waals surface area contributed by atoms with Gasteiger partial charge in [-0.2, -0.15) is 0 Å².